The standard InChI is InChI=1S/C38H44N2O8.C4H6O6/c1-39-9-7-37-17-27(41)29(45-3)15-23(37)25(39)11-21-19(13-31(47-5)35(43)33(21)37)20-14-32(48-6)36(44)34-22(20)12-26-24-16-30(46-4)28(42)18-38(24,34)8-10-40(26)2;5-1(3(7)8)2(6)4(9)10/h13-16,23-26,43-44H,7-12,17-18H2,1-6H3;1-2,5-6H,(H,7,8)(H,9,10)/t23-,24-,25+,26+,37-,38-;/m0./s1. The molecule has 4 aliphatic carbocycles. The Balaban J connectivity index is 0.000000455. The summed E-state index contributed by atoms with van der Waals surface area (Å²) in [6.07, 6.45) is 2.58. The van der Waals surface area contributed by atoms with Crippen LogP contribution in [-0.2, 0) is 52.3 Å². The van der Waals surface area contributed by atoms with Crippen molar-refractivity contribution in [2.24, 2.45) is 11.8 Å². The number of nitrogens with zero attached hydrogens (tertiary/aromatic N) is 2. The number of fused-ring (bicyclic) bond motifs is 2. The molecular weight excluding hydrogens is 756 g/mol. The van der Waals surface area contributed by atoms with Crippen LogP contribution >= 0.6 is 0 Å². The number of Topliss-reactive ketones (excluding diaryl/α,β-unsaturated/α-hetero) is 2. The Labute approximate surface area is 334 Å². The number of allylic oxidation sites excluding steroid dienone is 2. The first kappa shape index (κ1) is 41.0. The molecule has 2 fully saturated rings. The van der Waals surface area contributed by atoms with Crippen molar-refractivity contribution in [3.8, 4) is 34.1 Å². The average molecular weight is 807 g/mol. The van der Waals surface area contributed by atoms with Crippen molar-refractivity contribution in [3.05, 3.63) is 58.1 Å². The minimum atomic E-state index is -2.27. The molecule has 2 saturated heterocycles. The van der Waals surface area contributed by atoms with Crippen molar-refractivity contribution >= 4 is 23.5 Å². The second-order valence-electron chi connectivity index (χ2n) is 16.3. The van der Waals surface area contributed by atoms with Gasteiger partial charge in [-0.15, -0.1) is 0 Å². The zero-order valence-electron chi connectivity index (χ0n) is 33.3. The first-order chi connectivity index (χ1) is 27.5. The van der Waals surface area contributed by atoms with Gasteiger partial charge in [-0.1, -0.05) is 0 Å². The molecule has 6 N–H and O–H groups in total. The number of hydrogen-bond donors (Lipinski definition) is 6. The smallest absolute Gasteiger partial charge is 0.335 e. The third-order valence-corrected chi connectivity index (χ3v) is 13.8. The van der Waals surface area contributed by atoms with Crippen LogP contribution in [0.15, 0.2) is 35.8 Å². The van der Waals surface area contributed by atoms with E-state index in [-0.39, 0.29) is 59.8 Å². The number of carbonyl (C=O) groups is 4. The first-order valence-electron chi connectivity index (χ1n) is 19.2. The molecule has 2 aliphatic heterocycles. The van der Waals surface area contributed by atoms with Crippen LogP contribution in [0.2, 0.25) is 0 Å². The quantitative estimate of drug-likeness (QED) is 0.224. The Morgan fingerprint density at radius 1 is 0.672 bits per heavy atom. The van der Waals surface area contributed by atoms with Gasteiger partial charge in [0.15, 0.2) is 58.3 Å². The highest BCUT2D eigenvalue weighted by Crippen LogP contribution is 2.63. The third-order valence-electron chi connectivity index (χ3n) is 13.8. The lowest BCUT2D eigenvalue weighted by atomic mass is 9.52. The predicted octanol–water partition coefficient (Wildman–Crippen LogP) is 1.89. The minimum Gasteiger partial charge on any atom is -0.504 e. The number of benzene rings is 2. The van der Waals surface area contributed by atoms with Gasteiger partial charge in [-0.25, -0.2) is 9.59 Å². The molecule has 8 rings (SSSR count). The summed E-state index contributed by atoms with van der Waals surface area (Å²) in [5.74, 6) is -2.12. The van der Waals surface area contributed by atoms with Crippen LogP contribution in [0, 0.1) is 11.8 Å². The van der Waals surface area contributed by atoms with Gasteiger partial charge in [-0.3, -0.25) is 9.59 Å². The van der Waals surface area contributed by atoms with Crippen LogP contribution in [0.5, 0.6) is 23.0 Å². The van der Waals surface area contributed by atoms with E-state index in [9.17, 15) is 29.4 Å². The molecule has 0 spiro atoms. The summed E-state index contributed by atoms with van der Waals surface area (Å²) in [6.45, 7) is 1.59. The zero-order chi connectivity index (χ0) is 42.2. The number of methoxy groups -OCH3 is 4. The molecular formula is C42H50N2O14. The Kier molecular flexibility index (Phi) is 10.5. The van der Waals surface area contributed by atoms with Crippen LogP contribution in [0.25, 0.3) is 11.1 Å². The number of carbonyl (C=O) groups excluding carboxylic acids is 2. The molecule has 8 atom stereocenters. The highest BCUT2D eigenvalue weighted by Gasteiger charge is 2.59. The number of aromatic hydroxyl groups is 2. The van der Waals surface area contributed by atoms with Crippen molar-refractivity contribution in [3.63, 3.8) is 0 Å². The lowest BCUT2D eigenvalue weighted by Gasteiger charge is -2.57. The van der Waals surface area contributed by atoms with Crippen LogP contribution in [0.4, 0.5) is 0 Å². The summed E-state index contributed by atoms with van der Waals surface area (Å²) in [6, 6.07) is 3.97. The van der Waals surface area contributed by atoms with Gasteiger partial charge in [0.05, 0.1) is 28.4 Å². The Hall–Kier alpha value is -5.16. The van der Waals surface area contributed by atoms with Crippen molar-refractivity contribution < 1.29 is 68.8 Å². The number of hydrogen-bond acceptors (Lipinski definition) is 14. The topological polar surface area (TPSA) is 233 Å². The molecule has 2 heterocycles. The van der Waals surface area contributed by atoms with Crippen LogP contribution in [0.3, 0.4) is 0 Å². The number of aliphatic hydroxyl groups is 2. The number of aliphatic carboxylic acids is 2. The molecule has 0 amide bonds. The van der Waals surface area contributed by atoms with Crippen molar-refractivity contribution in [1.82, 2.24) is 9.80 Å². The molecule has 2 unspecified atom stereocenters. The number of phenols is 2. The summed E-state index contributed by atoms with van der Waals surface area (Å²) in [5, 5.41) is 56.5. The number of likely N-dealkylation sites (tertiary alicyclic amines) is 2. The van der Waals surface area contributed by atoms with E-state index in [1.165, 1.54) is 0 Å². The molecule has 0 aromatic heterocycles. The lowest BCUT2D eigenvalue weighted by Crippen LogP contribution is -2.60. The van der Waals surface area contributed by atoms with Gasteiger partial charge < -0.3 is 59.4 Å². The number of ketones is 2. The van der Waals surface area contributed by atoms with Gasteiger partial charge in [0.25, 0.3) is 0 Å². The maximum absolute atomic E-state index is 13.5. The van der Waals surface area contributed by atoms with Crippen molar-refractivity contribution in [2.75, 3.05) is 55.6 Å². The molecule has 0 saturated carbocycles. The van der Waals surface area contributed by atoms with Crippen LogP contribution < -0.4 is 9.47 Å². The summed E-state index contributed by atoms with van der Waals surface area (Å²) in [7, 11) is 10.4. The Morgan fingerprint density at radius 2 is 1.03 bits per heavy atom. The summed E-state index contributed by atoms with van der Waals surface area (Å²) in [4.78, 5) is 51.3. The monoisotopic (exact) mass is 806 g/mol. The SMILES string of the molecule is COC1=C[C@H]2[C@H]3Cc4c(-c5cc(OC)c(O)c6c5C[C@@H]5[C@@H]7C=C(OC)C(=O)C[C@]67CCN5C)cc(OC)c(O)c4[C@@]2(CCN3C)CC1=O.O=C(O)C(O)C(O)C(=O)O. The van der Waals surface area contributed by atoms with Gasteiger partial charge in [-0.05, 0) is 99.4 Å². The number of likely N-dealkylation sites (N-methyl/N-ethyl adjacent to an activating group) is 2. The summed E-state index contributed by atoms with van der Waals surface area (Å²) >= 11 is 0. The molecule has 0 radical (unpaired) electrons. The molecule has 6 aliphatic rings. The second-order valence-corrected chi connectivity index (χ2v) is 16.3. The fourth-order valence-electron chi connectivity index (χ4n) is 11.0. The van der Waals surface area contributed by atoms with E-state index in [1.807, 2.05) is 24.3 Å². The van der Waals surface area contributed by atoms with E-state index in [1.54, 1.807) is 28.4 Å². The highest BCUT2D eigenvalue weighted by atomic mass is 16.5. The Bertz CT molecular complexity index is 2000. The molecule has 16 heteroatoms. The third kappa shape index (κ3) is 6.02. The average Bonchev–Trinajstić information content (AvgIpc) is 3.19. The lowest BCUT2D eigenvalue weighted by molar-refractivity contribution is -0.165. The minimum absolute atomic E-state index is 0.0341. The number of aliphatic hydroxyl groups excluding tert-OH is 2. The molecule has 2 aromatic carbocycles. The van der Waals surface area contributed by atoms with Crippen molar-refractivity contribution in [1.29, 1.82) is 0 Å². The van der Waals surface area contributed by atoms with E-state index in [2.05, 4.69) is 23.9 Å². The zero-order valence-corrected chi connectivity index (χ0v) is 33.3. The molecule has 16 nitrogen and oxygen atoms in total. The number of phenolic OH excluding ortho intramolecular Hbond substituents is 2. The van der Waals surface area contributed by atoms with E-state index < -0.39 is 35.0 Å². The first-order valence-corrected chi connectivity index (χ1v) is 19.2. The van der Waals surface area contributed by atoms with Gasteiger partial charge in [0.2, 0.25) is 0 Å². The second kappa shape index (κ2) is 14.9. The van der Waals surface area contributed by atoms with Crippen LogP contribution in [-0.4, -0.2) is 144 Å². The summed E-state index contributed by atoms with van der Waals surface area (Å²) < 4.78 is 22.8. The number of carboxylic acids is 2. The molecule has 4 bridgehead atoms. The van der Waals surface area contributed by atoms with Gasteiger partial charge in [0, 0.05) is 58.7 Å². The normalized spacial score (nSPS) is 29.4. The molecule has 58 heavy (non-hydrogen) atoms. The van der Waals surface area contributed by atoms with Crippen molar-refractivity contribution in [2.45, 2.75) is 73.6 Å². The number of carboxylic acid groups (broad SMARTS) is 2. The Morgan fingerprint density at radius 3 is 1.34 bits per heavy atom. The largest absolute Gasteiger partial charge is 0.504 e. The van der Waals surface area contributed by atoms with E-state index in [0.29, 0.717) is 48.7 Å². The van der Waals surface area contributed by atoms with E-state index >= 15 is 0 Å². The van der Waals surface area contributed by atoms with E-state index in [0.717, 1.165) is 46.5 Å². The van der Waals surface area contributed by atoms with E-state index in [4.69, 9.17) is 39.4 Å². The summed E-state index contributed by atoms with van der Waals surface area (Å²) in [5.41, 5.74) is 4.05. The highest BCUT2D eigenvalue weighted by molar-refractivity contribution is 5.97. The molecule has 312 valence electrons. The fourth-order valence-corrected chi connectivity index (χ4v) is 11.0. The number of ether oxygens (including phenoxy) is 4. The maximum Gasteiger partial charge on any atom is 0.335 e. The predicted molar refractivity (Wildman–Crippen MR) is 205 cm³/mol. The maximum atomic E-state index is 13.5. The molecule has 2 aromatic rings. The number of piperidine rings is 2. The van der Waals surface area contributed by atoms with Gasteiger partial charge in [-0.2, -0.15) is 0 Å². The number of rotatable bonds is 8. The fraction of sp³-hybridized carbons (Fsp3) is 0.524. The van der Waals surface area contributed by atoms with Gasteiger partial charge >= 0.3 is 11.9 Å². The van der Waals surface area contributed by atoms with Crippen LogP contribution in [0.1, 0.15) is 47.9 Å². The van der Waals surface area contributed by atoms with Gasteiger partial charge in [0.1, 0.15) is 0 Å².